The average molecular weight is 250 g/mol. The summed E-state index contributed by atoms with van der Waals surface area (Å²) in [4.78, 5) is 0. The van der Waals surface area contributed by atoms with Gasteiger partial charge in [-0.15, -0.1) is 0 Å². The smallest absolute Gasteiger partial charge is 0.304 e. The maximum absolute atomic E-state index is 5.61. The molecule has 0 aromatic heterocycles. The molecule has 0 fully saturated rings. The highest BCUT2D eigenvalue weighted by molar-refractivity contribution is 6.30. The quantitative estimate of drug-likeness (QED) is 0.549. The summed E-state index contributed by atoms with van der Waals surface area (Å²) in [5.41, 5.74) is 1.55. The minimum atomic E-state index is -0.657. The minimum Gasteiger partial charge on any atom is -0.408 e. The third-order valence-corrected chi connectivity index (χ3v) is 3.53. The molecule has 0 saturated carbocycles. The Morgan fingerprint density at radius 1 is 1.35 bits per heavy atom. The second-order valence-corrected chi connectivity index (χ2v) is 5.09. The van der Waals surface area contributed by atoms with Crippen molar-refractivity contribution in [3.8, 4) is 0 Å². The predicted molar refractivity (Wildman–Crippen MR) is 69.5 cm³/mol. The molecule has 0 atom stereocenters. The summed E-state index contributed by atoms with van der Waals surface area (Å²) in [5, 5.41) is 0. The van der Waals surface area contributed by atoms with Gasteiger partial charge in [-0.3, -0.25) is 0 Å². The molecule has 2 radical (unpaired) electrons. The number of methoxy groups -OCH3 is 2. The van der Waals surface area contributed by atoms with Gasteiger partial charge >= 0.3 is 9.76 Å². The standard InChI is InChI=1S/C13H18O3Si/c1-5-11-7-6-8-12(9-11)10-16-17-13(2,14-3)15-4/h5-9H,1,10H2,2-4H3. The second kappa shape index (κ2) is 6.71. The van der Waals surface area contributed by atoms with Gasteiger partial charge in [0.25, 0.3) is 0 Å². The first kappa shape index (κ1) is 14.1. The molecule has 0 aliphatic carbocycles. The van der Waals surface area contributed by atoms with Crippen LogP contribution in [0, 0.1) is 0 Å². The van der Waals surface area contributed by atoms with Gasteiger partial charge in [-0.05, 0) is 24.1 Å². The van der Waals surface area contributed by atoms with Crippen LogP contribution in [-0.2, 0) is 20.5 Å². The van der Waals surface area contributed by atoms with E-state index in [1.165, 1.54) is 0 Å². The minimum absolute atomic E-state index is 0.129. The zero-order chi connectivity index (χ0) is 12.7. The van der Waals surface area contributed by atoms with Crippen molar-refractivity contribution in [1.82, 2.24) is 0 Å². The summed E-state index contributed by atoms with van der Waals surface area (Å²) in [6.45, 7) is 6.14. The molecule has 0 heterocycles. The first-order valence-electron chi connectivity index (χ1n) is 5.34. The van der Waals surface area contributed by atoms with Crippen molar-refractivity contribution in [1.29, 1.82) is 0 Å². The number of rotatable bonds is 7. The summed E-state index contributed by atoms with van der Waals surface area (Å²) in [7, 11) is 3.35. The van der Waals surface area contributed by atoms with E-state index in [1.54, 1.807) is 14.2 Å². The Balaban J connectivity index is 2.47. The van der Waals surface area contributed by atoms with E-state index in [-0.39, 0.29) is 9.76 Å². The largest absolute Gasteiger partial charge is 0.408 e. The van der Waals surface area contributed by atoms with Gasteiger partial charge in [-0.1, -0.05) is 30.9 Å². The summed E-state index contributed by atoms with van der Waals surface area (Å²) in [5.74, 6) is 0. The van der Waals surface area contributed by atoms with Crippen molar-refractivity contribution in [2.45, 2.75) is 18.9 Å². The number of hydrogen-bond acceptors (Lipinski definition) is 3. The van der Waals surface area contributed by atoms with Gasteiger partial charge in [0.15, 0.2) is 5.41 Å². The Labute approximate surface area is 105 Å². The molecule has 3 nitrogen and oxygen atoms in total. The van der Waals surface area contributed by atoms with Crippen LogP contribution in [0.5, 0.6) is 0 Å². The summed E-state index contributed by atoms with van der Waals surface area (Å²) >= 11 is 0. The molecule has 1 aromatic carbocycles. The Hall–Kier alpha value is -0.943. The molecule has 92 valence electrons. The molecule has 0 spiro atoms. The molecule has 0 bridgehead atoms. The zero-order valence-electron chi connectivity index (χ0n) is 10.5. The van der Waals surface area contributed by atoms with Crippen molar-refractivity contribution in [2.24, 2.45) is 0 Å². The Bertz CT molecular complexity index is 361. The summed E-state index contributed by atoms with van der Waals surface area (Å²) in [6.07, 6.45) is 1.82. The van der Waals surface area contributed by atoms with Crippen LogP contribution in [0.1, 0.15) is 18.1 Å². The third kappa shape index (κ3) is 4.44. The molecule has 0 N–H and O–H groups in total. The number of hydrogen-bond donors (Lipinski definition) is 0. The van der Waals surface area contributed by atoms with Crippen LogP contribution in [0.15, 0.2) is 30.8 Å². The molecule has 0 unspecified atom stereocenters. The maximum Gasteiger partial charge on any atom is 0.304 e. The molecular formula is C13H18O3Si. The van der Waals surface area contributed by atoms with Gasteiger partial charge in [-0.2, -0.15) is 0 Å². The number of ether oxygens (including phenoxy) is 2. The van der Waals surface area contributed by atoms with Gasteiger partial charge in [0.05, 0.1) is 6.61 Å². The molecule has 4 heteroatoms. The van der Waals surface area contributed by atoms with E-state index < -0.39 is 5.41 Å². The van der Waals surface area contributed by atoms with Crippen molar-refractivity contribution in [3.63, 3.8) is 0 Å². The lowest BCUT2D eigenvalue weighted by Crippen LogP contribution is -2.38. The van der Waals surface area contributed by atoms with Crippen molar-refractivity contribution >= 4 is 15.8 Å². The van der Waals surface area contributed by atoms with Crippen molar-refractivity contribution in [2.75, 3.05) is 14.2 Å². The second-order valence-electron chi connectivity index (χ2n) is 3.69. The lowest BCUT2D eigenvalue weighted by Gasteiger charge is -2.24. The van der Waals surface area contributed by atoms with Crippen LogP contribution >= 0.6 is 0 Å². The van der Waals surface area contributed by atoms with Crippen LogP contribution in [0.4, 0.5) is 0 Å². The first-order chi connectivity index (χ1) is 8.13. The highest BCUT2D eigenvalue weighted by Crippen LogP contribution is 2.11. The molecule has 0 amide bonds. The molecule has 0 aliphatic rings. The lowest BCUT2D eigenvalue weighted by atomic mass is 10.1. The Morgan fingerprint density at radius 3 is 2.65 bits per heavy atom. The van der Waals surface area contributed by atoms with Crippen LogP contribution in [0.2, 0.25) is 0 Å². The average Bonchev–Trinajstić information content (AvgIpc) is 2.39. The van der Waals surface area contributed by atoms with Gasteiger partial charge in [0, 0.05) is 14.2 Å². The highest BCUT2D eigenvalue weighted by atomic mass is 28.2. The highest BCUT2D eigenvalue weighted by Gasteiger charge is 2.25. The van der Waals surface area contributed by atoms with Gasteiger partial charge in [0.2, 0.25) is 0 Å². The SMILES string of the molecule is C=Cc1cccc(CO[Si]C(C)(OC)OC)c1. The van der Waals surface area contributed by atoms with Crippen molar-refractivity contribution in [3.05, 3.63) is 42.0 Å². The first-order valence-corrected chi connectivity index (χ1v) is 6.25. The van der Waals surface area contributed by atoms with E-state index in [1.807, 2.05) is 31.2 Å². The number of benzene rings is 1. The predicted octanol–water partition coefficient (Wildman–Crippen LogP) is 2.43. The van der Waals surface area contributed by atoms with Crippen LogP contribution in [0.3, 0.4) is 0 Å². The van der Waals surface area contributed by atoms with Crippen LogP contribution < -0.4 is 0 Å². The maximum atomic E-state index is 5.61. The van der Waals surface area contributed by atoms with E-state index in [0.717, 1.165) is 11.1 Å². The Kier molecular flexibility index (Phi) is 5.57. The van der Waals surface area contributed by atoms with Gasteiger partial charge in [0.1, 0.15) is 0 Å². The van der Waals surface area contributed by atoms with Crippen LogP contribution in [0.25, 0.3) is 6.08 Å². The third-order valence-electron chi connectivity index (χ3n) is 2.46. The van der Waals surface area contributed by atoms with E-state index in [9.17, 15) is 0 Å². The van der Waals surface area contributed by atoms with E-state index in [0.29, 0.717) is 6.61 Å². The molecule has 1 rings (SSSR count). The monoisotopic (exact) mass is 250 g/mol. The fourth-order valence-corrected chi connectivity index (χ4v) is 1.89. The van der Waals surface area contributed by atoms with Crippen LogP contribution in [-0.4, -0.2) is 29.4 Å². The zero-order valence-corrected chi connectivity index (χ0v) is 11.5. The van der Waals surface area contributed by atoms with E-state index in [4.69, 9.17) is 13.9 Å². The molecule has 1 aromatic rings. The Morgan fingerprint density at radius 2 is 2.06 bits per heavy atom. The topological polar surface area (TPSA) is 27.7 Å². The van der Waals surface area contributed by atoms with Gasteiger partial charge in [-0.25, -0.2) is 0 Å². The fraction of sp³-hybridized carbons (Fsp3) is 0.385. The van der Waals surface area contributed by atoms with E-state index >= 15 is 0 Å². The summed E-state index contributed by atoms with van der Waals surface area (Å²) in [6, 6.07) is 8.07. The molecule has 0 aliphatic heterocycles. The van der Waals surface area contributed by atoms with Gasteiger partial charge < -0.3 is 13.9 Å². The summed E-state index contributed by atoms with van der Waals surface area (Å²) < 4.78 is 16.0. The molecule has 0 saturated heterocycles. The normalized spacial score (nSPS) is 11.5. The lowest BCUT2D eigenvalue weighted by molar-refractivity contribution is -0.138. The van der Waals surface area contributed by atoms with E-state index in [2.05, 4.69) is 12.6 Å². The molecular weight excluding hydrogens is 232 g/mol. The molecule has 17 heavy (non-hydrogen) atoms. The fourth-order valence-electron chi connectivity index (χ4n) is 1.23. The van der Waals surface area contributed by atoms with Crippen molar-refractivity contribution < 1.29 is 13.9 Å².